The van der Waals surface area contributed by atoms with Crippen LogP contribution in [0.5, 0.6) is 5.75 Å². The van der Waals surface area contributed by atoms with E-state index in [1.165, 1.54) is 12.1 Å². The highest BCUT2D eigenvalue weighted by molar-refractivity contribution is 7.88. The van der Waals surface area contributed by atoms with Crippen molar-refractivity contribution >= 4 is 21.1 Å². The van der Waals surface area contributed by atoms with Crippen LogP contribution >= 0.6 is 0 Å². The van der Waals surface area contributed by atoms with Gasteiger partial charge < -0.3 is 8.60 Å². The normalized spacial score (nSPS) is 12.6. The van der Waals surface area contributed by atoms with E-state index in [1.54, 1.807) is 0 Å². The van der Waals surface area contributed by atoms with Gasteiger partial charge in [0.25, 0.3) is 0 Å². The van der Waals surface area contributed by atoms with Gasteiger partial charge in [-0.3, -0.25) is 0 Å². The summed E-state index contributed by atoms with van der Waals surface area (Å²) in [5.41, 5.74) is -6.34. The zero-order valence-corrected chi connectivity index (χ0v) is 9.79. The summed E-state index contributed by atoms with van der Waals surface area (Å²) in [6, 6.07) is 5.57. The number of halogens is 3. The van der Waals surface area contributed by atoms with Crippen molar-refractivity contribution < 1.29 is 30.2 Å². The molecule has 0 atom stereocenters. The topological polar surface area (TPSA) is 73.6 Å². The third kappa shape index (κ3) is 2.55. The molecule has 0 bridgehead atoms. The van der Waals surface area contributed by atoms with Gasteiger partial charge in [-0.05, 0) is 18.2 Å². The summed E-state index contributed by atoms with van der Waals surface area (Å²) in [4.78, 5) is 10.9. The fraction of sp³-hybridized carbons (Fsp3) is 0.100. The molecule has 2 rings (SSSR count). The van der Waals surface area contributed by atoms with E-state index in [-0.39, 0.29) is 11.0 Å². The van der Waals surface area contributed by atoms with Gasteiger partial charge in [0.15, 0.2) is 5.75 Å². The van der Waals surface area contributed by atoms with Gasteiger partial charge in [-0.15, -0.1) is 0 Å². The predicted molar refractivity (Wildman–Crippen MR) is 58.1 cm³/mol. The fourth-order valence-electron chi connectivity index (χ4n) is 1.31. The third-order valence-corrected chi connectivity index (χ3v) is 3.07. The molecule has 1 aromatic heterocycles. The largest absolute Gasteiger partial charge is 0.534 e. The highest BCUT2D eigenvalue weighted by atomic mass is 32.2. The Hall–Kier alpha value is -2.03. The molecule has 102 valence electrons. The van der Waals surface area contributed by atoms with Gasteiger partial charge >= 0.3 is 21.3 Å². The van der Waals surface area contributed by atoms with Crippen LogP contribution in [-0.4, -0.2) is 13.9 Å². The third-order valence-electron chi connectivity index (χ3n) is 2.11. The quantitative estimate of drug-likeness (QED) is 0.481. The van der Waals surface area contributed by atoms with Crippen LogP contribution in [-0.2, 0) is 10.1 Å². The molecule has 5 nitrogen and oxygen atoms in total. The molecule has 0 aliphatic rings. The minimum absolute atomic E-state index is 0.0603. The maximum atomic E-state index is 12.2. The summed E-state index contributed by atoms with van der Waals surface area (Å²) in [6.45, 7) is 0. The molecular formula is C10H5F3O5S. The van der Waals surface area contributed by atoms with Gasteiger partial charge in [-0.2, -0.15) is 21.6 Å². The monoisotopic (exact) mass is 294 g/mol. The van der Waals surface area contributed by atoms with E-state index in [9.17, 15) is 26.4 Å². The molecule has 1 aromatic carbocycles. The van der Waals surface area contributed by atoms with Crippen LogP contribution in [0.1, 0.15) is 0 Å². The lowest BCUT2D eigenvalue weighted by molar-refractivity contribution is -0.0499. The van der Waals surface area contributed by atoms with E-state index in [0.717, 1.165) is 18.2 Å². The first-order chi connectivity index (χ1) is 8.71. The average Bonchev–Trinajstić information content (AvgIpc) is 2.26. The summed E-state index contributed by atoms with van der Waals surface area (Å²) in [5.74, 6) is -0.571. The summed E-state index contributed by atoms with van der Waals surface area (Å²) in [5, 5.41) is -0.0603. The highest BCUT2D eigenvalue weighted by Gasteiger charge is 2.48. The Balaban J connectivity index is 2.56. The summed E-state index contributed by atoms with van der Waals surface area (Å²) in [7, 11) is -5.77. The Morgan fingerprint density at radius 1 is 1.11 bits per heavy atom. The molecule has 0 aliphatic carbocycles. The maximum Gasteiger partial charge on any atom is 0.534 e. The molecule has 0 unspecified atom stereocenters. The smallest absolute Gasteiger partial charge is 0.423 e. The number of hydrogen-bond donors (Lipinski definition) is 0. The van der Waals surface area contributed by atoms with E-state index < -0.39 is 27.0 Å². The van der Waals surface area contributed by atoms with Crippen molar-refractivity contribution in [2.24, 2.45) is 0 Å². The van der Waals surface area contributed by atoms with Gasteiger partial charge in [-0.1, -0.05) is 6.07 Å². The zero-order chi connectivity index (χ0) is 14.3. The summed E-state index contributed by atoms with van der Waals surface area (Å²) in [6.07, 6.45) is 0. The van der Waals surface area contributed by atoms with Crippen LogP contribution in [0.25, 0.3) is 11.0 Å². The molecule has 0 saturated heterocycles. The van der Waals surface area contributed by atoms with E-state index in [0.29, 0.717) is 0 Å². The van der Waals surface area contributed by atoms with Crippen molar-refractivity contribution in [1.29, 1.82) is 0 Å². The van der Waals surface area contributed by atoms with Crippen molar-refractivity contribution in [2.75, 3.05) is 0 Å². The lowest BCUT2D eigenvalue weighted by atomic mass is 10.2. The predicted octanol–water partition coefficient (Wildman–Crippen LogP) is 2.02. The first-order valence-corrected chi connectivity index (χ1v) is 6.15. The standard InChI is InChI=1S/C10H5F3O5S/c11-10(12,13)19(15,16)18-8-3-1-2-7-6(8)4-5-9(14)17-7/h1-5H. The maximum absolute atomic E-state index is 12.2. The molecular weight excluding hydrogens is 289 g/mol. The number of alkyl halides is 3. The molecule has 0 aliphatic heterocycles. The van der Waals surface area contributed by atoms with Crippen molar-refractivity contribution in [3.63, 3.8) is 0 Å². The second-order valence-corrected chi connectivity index (χ2v) is 4.94. The van der Waals surface area contributed by atoms with E-state index >= 15 is 0 Å². The van der Waals surface area contributed by atoms with Crippen LogP contribution in [0.15, 0.2) is 39.5 Å². The molecule has 2 aromatic rings. The van der Waals surface area contributed by atoms with Crippen LogP contribution in [0.3, 0.4) is 0 Å². The Bertz CT molecular complexity index is 776. The Kier molecular flexibility index (Phi) is 3.01. The summed E-state index contributed by atoms with van der Waals surface area (Å²) >= 11 is 0. The second kappa shape index (κ2) is 4.26. The first kappa shape index (κ1) is 13.4. The lowest BCUT2D eigenvalue weighted by Gasteiger charge is -2.10. The van der Waals surface area contributed by atoms with Crippen LogP contribution in [0, 0.1) is 0 Å². The SMILES string of the molecule is O=c1ccc2c(OS(=O)(=O)C(F)(F)F)cccc2o1. The second-order valence-electron chi connectivity index (χ2n) is 3.41. The number of benzene rings is 1. The van der Waals surface area contributed by atoms with Gasteiger partial charge in [0.2, 0.25) is 0 Å². The fourth-order valence-corrected chi connectivity index (χ4v) is 1.79. The van der Waals surface area contributed by atoms with Gasteiger partial charge in [0, 0.05) is 6.07 Å². The Morgan fingerprint density at radius 2 is 1.79 bits per heavy atom. The minimum atomic E-state index is -5.77. The van der Waals surface area contributed by atoms with Crippen molar-refractivity contribution in [3.8, 4) is 5.75 Å². The van der Waals surface area contributed by atoms with Crippen LogP contribution in [0.2, 0.25) is 0 Å². The first-order valence-electron chi connectivity index (χ1n) is 4.74. The Labute approximate surface area is 104 Å². The molecule has 0 fully saturated rings. The van der Waals surface area contributed by atoms with Crippen molar-refractivity contribution in [2.45, 2.75) is 5.51 Å². The highest BCUT2D eigenvalue weighted by Crippen LogP contribution is 2.31. The van der Waals surface area contributed by atoms with Crippen molar-refractivity contribution in [3.05, 3.63) is 40.8 Å². The molecule has 19 heavy (non-hydrogen) atoms. The van der Waals surface area contributed by atoms with Crippen molar-refractivity contribution in [1.82, 2.24) is 0 Å². The number of rotatable bonds is 2. The zero-order valence-electron chi connectivity index (χ0n) is 8.97. The molecule has 0 N–H and O–H groups in total. The molecule has 0 amide bonds. The molecule has 0 radical (unpaired) electrons. The summed E-state index contributed by atoms with van der Waals surface area (Å²) < 4.78 is 67.1. The minimum Gasteiger partial charge on any atom is -0.423 e. The van der Waals surface area contributed by atoms with Gasteiger partial charge in [-0.25, -0.2) is 4.79 Å². The molecule has 0 saturated carbocycles. The molecule has 0 spiro atoms. The average molecular weight is 294 g/mol. The van der Waals surface area contributed by atoms with Gasteiger partial charge in [0.05, 0.1) is 5.39 Å². The number of hydrogen-bond acceptors (Lipinski definition) is 5. The van der Waals surface area contributed by atoms with Gasteiger partial charge in [0.1, 0.15) is 5.58 Å². The van der Waals surface area contributed by atoms with E-state index in [4.69, 9.17) is 4.42 Å². The van der Waals surface area contributed by atoms with Crippen LogP contribution < -0.4 is 9.81 Å². The van der Waals surface area contributed by atoms with E-state index in [1.807, 2.05) is 0 Å². The van der Waals surface area contributed by atoms with Crippen LogP contribution in [0.4, 0.5) is 13.2 Å². The molecule has 1 heterocycles. The molecule has 9 heteroatoms. The lowest BCUT2D eigenvalue weighted by Crippen LogP contribution is -2.28. The Morgan fingerprint density at radius 3 is 2.42 bits per heavy atom. The van der Waals surface area contributed by atoms with E-state index in [2.05, 4.69) is 4.18 Å². The number of fused-ring (bicyclic) bond motifs is 1.